The Morgan fingerprint density at radius 2 is 1.56 bits per heavy atom. The molecule has 5 aromatic rings. The lowest BCUT2D eigenvalue weighted by Gasteiger charge is -2.10. The molecule has 0 spiro atoms. The van der Waals surface area contributed by atoms with Gasteiger partial charge in [0.2, 0.25) is 17.8 Å². The van der Waals surface area contributed by atoms with E-state index < -0.39 is 10.7 Å². The molecule has 2 heterocycles. The molecule has 0 radical (unpaired) electrons. The summed E-state index contributed by atoms with van der Waals surface area (Å²) in [5, 5.41) is 21.2. The molecule has 2 aromatic heterocycles. The van der Waals surface area contributed by atoms with Gasteiger partial charge in [-0.15, -0.1) is 0 Å². The van der Waals surface area contributed by atoms with Crippen molar-refractivity contribution in [2.75, 3.05) is 23.2 Å². The number of benzene rings is 3. The molecule has 0 bridgehead atoms. The van der Waals surface area contributed by atoms with Gasteiger partial charge in [0.15, 0.2) is 0 Å². The summed E-state index contributed by atoms with van der Waals surface area (Å²) in [6.07, 6.45) is 1.42. The van der Waals surface area contributed by atoms with Gasteiger partial charge in [-0.05, 0) is 66.7 Å². The molecule has 12 nitrogen and oxygen atoms in total. The van der Waals surface area contributed by atoms with Crippen molar-refractivity contribution < 1.29 is 18.5 Å². The van der Waals surface area contributed by atoms with E-state index in [0.717, 1.165) is 0 Å². The summed E-state index contributed by atoms with van der Waals surface area (Å²) in [5.41, 5.74) is 4.52. The molecule has 5 rings (SSSR count). The molecule has 0 saturated heterocycles. The molecule has 0 aliphatic carbocycles. The van der Waals surface area contributed by atoms with Crippen molar-refractivity contribution in [1.29, 1.82) is 0 Å². The number of furan rings is 1. The minimum atomic E-state index is -0.520. The Labute approximate surface area is 237 Å². The van der Waals surface area contributed by atoms with Crippen LogP contribution < -0.4 is 20.8 Å². The van der Waals surface area contributed by atoms with Crippen molar-refractivity contribution in [3.8, 4) is 17.1 Å². The number of anilines is 5. The largest absolute Gasteiger partial charge is 0.497 e. The zero-order valence-electron chi connectivity index (χ0n) is 21.2. The van der Waals surface area contributed by atoms with Crippen LogP contribution in [0.2, 0.25) is 5.02 Å². The Morgan fingerprint density at radius 3 is 2.17 bits per heavy atom. The summed E-state index contributed by atoms with van der Waals surface area (Å²) < 4.78 is 24.4. The van der Waals surface area contributed by atoms with Crippen LogP contribution in [0.4, 0.5) is 39.3 Å². The first-order chi connectivity index (χ1) is 19.9. The van der Waals surface area contributed by atoms with Gasteiger partial charge in [0.1, 0.15) is 23.1 Å². The standard InChI is InChI=1S/C27H20ClFN8O4/c1-40-20-9-5-18(6-10-20)32-26-33-25(31-17-3-7-19(8-4-17)37(38)39)34-27(35-26)36-30-15-21-11-13-24(41-21)16-2-12-23(29)22(28)14-16/h2-15H,1H3,(H3,31,32,33,34,35,36)/b30-15-. The van der Waals surface area contributed by atoms with Gasteiger partial charge < -0.3 is 19.8 Å². The second kappa shape index (κ2) is 12.1. The van der Waals surface area contributed by atoms with E-state index in [0.29, 0.717) is 34.2 Å². The molecule has 0 fully saturated rings. The number of rotatable bonds is 10. The van der Waals surface area contributed by atoms with Gasteiger partial charge in [-0.1, -0.05) is 11.6 Å². The topological polar surface area (TPSA) is 153 Å². The van der Waals surface area contributed by atoms with Crippen molar-refractivity contribution in [3.63, 3.8) is 0 Å². The van der Waals surface area contributed by atoms with Crippen molar-refractivity contribution in [2.45, 2.75) is 0 Å². The van der Waals surface area contributed by atoms with E-state index in [1.807, 2.05) is 0 Å². The predicted molar refractivity (Wildman–Crippen MR) is 153 cm³/mol. The lowest BCUT2D eigenvalue weighted by atomic mass is 10.2. The third-order valence-corrected chi connectivity index (χ3v) is 5.79. The number of nitrogens with zero attached hydrogens (tertiary/aromatic N) is 5. The molecule has 0 atom stereocenters. The molecule has 0 aliphatic heterocycles. The first-order valence-corrected chi connectivity index (χ1v) is 12.3. The van der Waals surface area contributed by atoms with Crippen LogP contribution in [-0.2, 0) is 0 Å². The highest BCUT2D eigenvalue weighted by Crippen LogP contribution is 2.26. The third-order valence-electron chi connectivity index (χ3n) is 5.50. The first-order valence-electron chi connectivity index (χ1n) is 11.9. The fraction of sp³-hybridized carbons (Fsp3) is 0.0370. The summed E-state index contributed by atoms with van der Waals surface area (Å²) >= 11 is 5.87. The quantitative estimate of drug-likeness (QED) is 0.0924. The van der Waals surface area contributed by atoms with Gasteiger partial charge in [0.05, 0.1) is 23.3 Å². The van der Waals surface area contributed by atoms with E-state index in [2.05, 4.69) is 36.1 Å². The monoisotopic (exact) mass is 574 g/mol. The lowest BCUT2D eigenvalue weighted by molar-refractivity contribution is -0.384. The smallest absolute Gasteiger partial charge is 0.269 e. The van der Waals surface area contributed by atoms with Crippen LogP contribution in [0.15, 0.2) is 88.4 Å². The van der Waals surface area contributed by atoms with Crippen LogP contribution in [0, 0.1) is 15.9 Å². The average Bonchev–Trinajstić information content (AvgIpc) is 3.44. The number of ether oxygens (including phenoxy) is 1. The predicted octanol–water partition coefficient (Wildman–Crippen LogP) is 6.77. The number of halogens is 2. The summed E-state index contributed by atoms with van der Waals surface area (Å²) in [6.45, 7) is 0. The number of hydrogen-bond donors (Lipinski definition) is 3. The van der Waals surface area contributed by atoms with Gasteiger partial charge in [0, 0.05) is 29.1 Å². The lowest BCUT2D eigenvalue weighted by Crippen LogP contribution is -2.07. The molecule has 14 heteroatoms. The minimum absolute atomic E-state index is 0.0113. The average molecular weight is 575 g/mol. The number of hydrazone groups is 1. The van der Waals surface area contributed by atoms with Crippen molar-refractivity contribution >= 4 is 52.7 Å². The molecular weight excluding hydrogens is 555 g/mol. The molecule has 0 unspecified atom stereocenters. The molecule has 41 heavy (non-hydrogen) atoms. The summed E-state index contributed by atoms with van der Waals surface area (Å²) in [6, 6.07) is 20.6. The zero-order chi connectivity index (χ0) is 28.8. The van der Waals surface area contributed by atoms with Crippen LogP contribution in [0.25, 0.3) is 11.3 Å². The molecule has 0 amide bonds. The molecular formula is C27H20ClFN8O4. The Bertz CT molecular complexity index is 1710. The number of methoxy groups -OCH3 is 1. The Morgan fingerprint density at radius 1 is 0.927 bits per heavy atom. The SMILES string of the molecule is COc1ccc(Nc2nc(N/N=C\c3ccc(-c4ccc(F)c(Cl)c4)o3)nc(Nc3ccc([N+](=O)[O-])cc3)n2)cc1. The number of nitro groups is 1. The number of hydrogen-bond acceptors (Lipinski definition) is 11. The molecule has 3 aromatic carbocycles. The van der Waals surface area contributed by atoms with Crippen LogP contribution in [0.3, 0.4) is 0 Å². The molecule has 0 aliphatic rings. The maximum atomic E-state index is 13.5. The van der Waals surface area contributed by atoms with Crippen LogP contribution in [-0.4, -0.2) is 33.2 Å². The Balaban J connectivity index is 1.35. The van der Waals surface area contributed by atoms with Gasteiger partial charge in [-0.25, -0.2) is 9.82 Å². The maximum absolute atomic E-state index is 13.5. The van der Waals surface area contributed by atoms with Crippen molar-refractivity contribution in [3.05, 3.63) is 106 Å². The van der Waals surface area contributed by atoms with E-state index >= 15 is 0 Å². The second-order valence-corrected chi connectivity index (χ2v) is 8.70. The zero-order valence-corrected chi connectivity index (χ0v) is 22.0. The van der Waals surface area contributed by atoms with Crippen molar-refractivity contribution in [1.82, 2.24) is 15.0 Å². The van der Waals surface area contributed by atoms with Crippen molar-refractivity contribution in [2.24, 2.45) is 5.10 Å². The van der Waals surface area contributed by atoms with Crippen LogP contribution in [0.5, 0.6) is 5.75 Å². The van der Waals surface area contributed by atoms with E-state index in [9.17, 15) is 14.5 Å². The normalized spacial score (nSPS) is 10.9. The molecule has 3 N–H and O–H groups in total. The highest BCUT2D eigenvalue weighted by Gasteiger charge is 2.10. The van der Waals surface area contributed by atoms with Gasteiger partial charge in [-0.3, -0.25) is 10.1 Å². The Kier molecular flexibility index (Phi) is 7.97. The number of nitro benzene ring substituents is 1. The fourth-order valence-corrected chi connectivity index (χ4v) is 3.70. The minimum Gasteiger partial charge on any atom is -0.497 e. The van der Waals surface area contributed by atoms with Crippen LogP contribution >= 0.6 is 11.6 Å². The molecule has 206 valence electrons. The van der Waals surface area contributed by atoms with Gasteiger partial charge in [0.25, 0.3) is 5.69 Å². The first kappa shape index (κ1) is 27.0. The highest BCUT2D eigenvalue weighted by atomic mass is 35.5. The number of nitrogens with one attached hydrogen (secondary N) is 3. The van der Waals surface area contributed by atoms with E-state index in [1.165, 1.54) is 42.6 Å². The second-order valence-electron chi connectivity index (χ2n) is 8.29. The highest BCUT2D eigenvalue weighted by molar-refractivity contribution is 6.31. The van der Waals surface area contributed by atoms with Gasteiger partial charge in [-0.2, -0.15) is 20.1 Å². The Hall–Kier alpha value is -5.56. The number of aromatic nitrogens is 3. The third kappa shape index (κ3) is 6.91. The summed E-state index contributed by atoms with van der Waals surface area (Å²) in [4.78, 5) is 23.5. The summed E-state index contributed by atoms with van der Waals surface area (Å²) in [7, 11) is 1.57. The fourth-order valence-electron chi connectivity index (χ4n) is 3.52. The maximum Gasteiger partial charge on any atom is 0.269 e. The number of non-ortho nitro benzene ring substituents is 1. The van der Waals surface area contributed by atoms with E-state index in [4.69, 9.17) is 20.8 Å². The van der Waals surface area contributed by atoms with Crippen LogP contribution in [0.1, 0.15) is 5.76 Å². The van der Waals surface area contributed by atoms with E-state index in [-0.39, 0.29) is 28.6 Å². The molecule has 0 saturated carbocycles. The van der Waals surface area contributed by atoms with Gasteiger partial charge >= 0.3 is 0 Å². The van der Waals surface area contributed by atoms with E-state index in [1.54, 1.807) is 49.6 Å². The summed E-state index contributed by atoms with van der Waals surface area (Å²) in [5.74, 6) is 1.49.